The standard InChI is InChI=1S/C13H17NO5S/c1-2-19-8-9-20(17,18)14-12-5-3-4-11(10-12)6-7-13(15)16/h3-7,10,14H,2,8-9H2,1H3,(H,15,16)/b7-6+. The second-order valence-electron chi connectivity index (χ2n) is 3.91. The molecule has 0 unspecified atom stereocenters. The Hall–Kier alpha value is -1.86. The molecule has 0 aromatic heterocycles. The Labute approximate surface area is 118 Å². The number of sulfonamides is 1. The lowest BCUT2D eigenvalue weighted by molar-refractivity contribution is -0.131. The molecule has 0 aliphatic rings. The van der Waals surface area contributed by atoms with E-state index < -0.39 is 16.0 Å². The van der Waals surface area contributed by atoms with Gasteiger partial charge in [-0.2, -0.15) is 0 Å². The summed E-state index contributed by atoms with van der Waals surface area (Å²) >= 11 is 0. The third-order valence-electron chi connectivity index (χ3n) is 2.28. The summed E-state index contributed by atoms with van der Waals surface area (Å²) in [7, 11) is -3.47. The minimum Gasteiger partial charge on any atom is -0.478 e. The van der Waals surface area contributed by atoms with Crippen LogP contribution in [0.1, 0.15) is 12.5 Å². The van der Waals surface area contributed by atoms with E-state index in [1.807, 2.05) is 0 Å². The summed E-state index contributed by atoms with van der Waals surface area (Å²) < 4.78 is 30.9. The maximum Gasteiger partial charge on any atom is 0.328 e. The van der Waals surface area contributed by atoms with Crippen molar-refractivity contribution in [3.63, 3.8) is 0 Å². The zero-order chi connectivity index (χ0) is 15.0. The van der Waals surface area contributed by atoms with Crippen molar-refractivity contribution in [3.05, 3.63) is 35.9 Å². The van der Waals surface area contributed by atoms with Gasteiger partial charge < -0.3 is 9.84 Å². The zero-order valence-corrected chi connectivity index (χ0v) is 11.9. The van der Waals surface area contributed by atoms with E-state index in [0.717, 1.165) is 6.08 Å². The largest absolute Gasteiger partial charge is 0.478 e. The summed E-state index contributed by atoms with van der Waals surface area (Å²) in [6.07, 6.45) is 2.38. The van der Waals surface area contributed by atoms with Crippen LogP contribution in [0.5, 0.6) is 0 Å². The molecule has 0 aliphatic carbocycles. The summed E-state index contributed by atoms with van der Waals surface area (Å²) in [6.45, 7) is 2.38. The fraction of sp³-hybridized carbons (Fsp3) is 0.308. The molecule has 0 aliphatic heterocycles. The minimum absolute atomic E-state index is 0.129. The molecule has 1 aromatic carbocycles. The summed E-state index contributed by atoms with van der Waals surface area (Å²) in [6, 6.07) is 6.47. The smallest absolute Gasteiger partial charge is 0.328 e. The quantitative estimate of drug-likeness (QED) is 0.561. The molecule has 0 spiro atoms. The van der Waals surface area contributed by atoms with Crippen molar-refractivity contribution >= 4 is 27.8 Å². The second kappa shape index (κ2) is 7.66. The number of benzene rings is 1. The van der Waals surface area contributed by atoms with Gasteiger partial charge in [-0.1, -0.05) is 12.1 Å². The molecular formula is C13H17NO5S. The molecule has 0 radical (unpaired) electrons. The SMILES string of the molecule is CCOCCS(=O)(=O)Nc1cccc(/C=C/C(=O)O)c1. The molecule has 7 heteroatoms. The van der Waals surface area contributed by atoms with Gasteiger partial charge in [-0.3, -0.25) is 4.72 Å². The lowest BCUT2D eigenvalue weighted by Crippen LogP contribution is -2.20. The van der Waals surface area contributed by atoms with Crippen molar-refractivity contribution in [3.8, 4) is 0 Å². The van der Waals surface area contributed by atoms with Crippen molar-refractivity contribution < 1.29 is 23.1 Å². The van der Waals surface area contributed by atoms with Gasteiger partial charge in [0.25, 0.3) is 0 Å². The molecule has 110 valence electrons. The highest BCUT2D eigenvalue weighted by atomic mass is 32.2. The van der Waals surface area contributed by atoms with Crippen LogP contribution in [0, 0.1) is 0 Å². The molecule has 20 heavy (non-hydrogen) atoms. The van der Waals surface area contributed by atoms with E-state index in [9.17, 15) is 13.2 Å². The molecule has 0 atom stereocenters. The normalized spacial score (nSPS) is 11.7. The van der Waals surface area contributed by atoms with Crippen LogP contribution in [0.4, 0.5) is 5.69 Å². The van der Waals surface area contributed by atoms with Crippen molar-refractivity contribution in [1.82, 2.24) is 0 Å². The maximum absolute atomic E-state index is 11.7. The van der Waals surface area contributed by atoms with Gasteiger partial charge in [-0.05, 0) is 30.7 Å². The minimum atomic E-state index is -3.47. The van der Waals surface area contributed by atoms with Crippen LogP contribution >= 0.6 is 0 Å². The van der Waals surface area contributed by atoms with Gasteiger partial charge in [0, 0.05) is 18.4 Å². The number of rotatable bonds is 8. The van der Waals surface area contributed by atoms with Crippen molar-refractivity contribution in [1.29, 1.82) is 0 Å². The van der Waals surface area contributed by atoms with Gasteiger partial charge in [0.1, 0.15) is 0 Å². The number of hydrogen-bond donors (Lipinski definition) is 2. The fourth-order valence-corrected chi connectivity index (χ4v) is 2.34. The van der Waals surface area contributed by atoms with Crippen LogP contribution < -0.4 is 4.72 Å². The van der Waals surface area contributed by atoms with Crippen LogP contribution in [0.2, 0.25) is 0 Å². The Morgan fingerprint density at radius 3 is 2.85 bits per heavy atom. The average Bonchev–Trinajstić information content (AvgIpc) is 2.36. The summed E-state index contributed by atoms with van der Waals surface area (Å²) in [5.74, 6) is -1.19. The molecule has 0 saturated carbocycles. The van der Waals surface area contributed by atoms with Crippen LogP contribution in [0.15, 0.2) is 30.3 Å². The third kappa shape index (κ3) is 6.35. The van der Waals surface area contributed by atoms with E-state index in [1.54, 1.807) is 31.2 Å². The van der Waals surface area contributed by atoms with E-state index in [4.69, 9.17) is 9.84 Å². The molecule has 0 amide bonds. The van der Waals surface area contributed by atoms with Crippen LogP contribution in [-0.4, -0.2) is 38.5 Å². The number of hydrogen-bond acceptors (Lipinski definition) is 4. The first-order valence-corrected chi connectivity index (χ1v) is 7.67. The highest BCUT2D eigenvalue weighted by molar-refractivity contribution is 7.92. The topological polar surface area (TPSA) is 92.7 Å². The van der Waals surface area contributed by atoms with Crippen LogP contribution in [-0.2, 0) is 19.6 Å². The predicted molar refractivity (Wildman–Crippen MR) is 77.0 cm³/mol. The second-order valence-corrected chi connectivity index (χ2v) is 5.76. The first kappa shape index (κ1) is 16.2. The highest BCUT2D eigenvalue weighted by Gasteiger charge is 2.10. The van der Waals surface area contributed by atoms with Gasteiger partial charge in [-0.25, -0.2) is 13.2 Å². The van der Waals surface area contributed by atoms with Gasteiger partial charge in [0.2, 0.25) is 10.0 Å². The molecular weight excluding hydrogens is 282 g/mol. The number of carboxylic acids is 1. The molecule has 1 rings (SSSR count). The van der Waals surface area contributed by atoms with Crippen molar-refractivity contribution in [2.24, 2.45) is 0 Å². The number of carbonyl (C=O) groups is 1. The monoisotopic (exact) mass is 299 g/mol. The molecule has 0 saturated heterocycles. The zero-order valence-electron chi connectivity index (χ0n) is 11.1. The third-order valence-corrected chi connectivity index (χ3v) is 3.53. The molecule has 1 aromatic rings. The molecule has 0 fully saturated rings. The van der Waals surface area contributed by atoms with Gasteiger partial charge in [-0.15, -0.1) is 0 Å². The first-order valence-electron chi connectivity index (χ1n) is 6.02. The average molecular weight is 299 g/mol. The number of carboxylic acid groups (broad SMARTS) is 1. The van der Waals surface area contributed by atoms with Crippen LogP contribution in [0.3, 0.4) is 0 Å². The van der Waals surface area contributed by atoms with E-state index in [0.29, 0.717) is 17.9 Å². The highest BCUT2D eigenvalue weighted by Crippen LogP contribution is 2.13. The van der Waals surface area contributed by atoms with E-state index in [1.165, 1.54) is 6.08 Å². The number of nitrogens with one attached hydrogen (secondary N) is 1. The number of aliphatic carboxylic acids is 1. The number of anilines is 1. The van der Waals surface area contributed by atoms with E-state index in [2.05, 4.69) is 4.72 Å². The van der Waals surface area contributed by atoms with E-state index >= 15 is 0 Å². The van der Waals surface area contributed by atoms with Gasteiger partial charge in [0.15, 0.2) is 0 Å². The Morgan fingerprint density at radius 1 is 1.45 bits per heavy atom. The molecule has 0 heterocycles. The molecule has 2 N–H and O–H groups in total. The Bertz CT molecular complexity index is 580. The Balaban J connectivity index is 2.72. The lowest BCUT2D eigenvalue weighted by Gasteiger charge is -2.08. The van der Waals surface area contributed by atoms with Crippen molar-refractivity contribution in [2.45, 2.75) is 6.92 Å². The number of ether oxygens (including phenoxy) is 1. The molecule has 0 bridgehead atoms. The van der Waals surface area contributed by atoms with Gasteiger partial charge in [0.05, 0.1) is 12.4 Å². The van der Waals surface area contributed by atoms with E-state index in [-0.39, 0.29) is 12.4 Å². The molecule has 6 nitrogen and oxygen atoms in total. The Kier molecular flexibility index (Phi) is 6.20. The van der Waals surface area contributed by atoms with Crippen LogP contribution in [0.25, 0.3) is 6.08 Å². The van der Waals surface area contributed by atoms with Gasteiger partial charge >= 0.3 is 5.97 Å². The summed E-state index contributed by atoms with van der Waals surface area (Å²) in [4.78, 5) is 10.4. The lowest BCUT2D eigenvalue weighted by atomic mass is 10.2. The fourth-order valence-electron chi connectivity index (χ4n) is 1.42. The Morgan fingerprint density at radius 2 is 2.20 bits per heavy atom. The summed E-state index contributed by atoms with van der Waals surface area (Å²) in [5, 5.41) is 8.54. The van der Waals surface area contributed by atoms with Crippen molar-refractivity contribution in [2.75, 3.05) is 23.7 Å². The predicted octanol–water partition coefficient (Wildman–Crippen LogP) is 1.56. The maximum atomic E-state index is 11.7. The first-order chi connectivity index (χ1) is 9.43. The summed E-state index contributed by atoms with van der Waals surface area (Å²) in [5.41, 5.74) is 0.978.